The molecule has 0 fully saturated rings. The normalized spacial score (nSPS) is 12.2. The Balaban J connectivity index is 1.71. The molecular formula is C18H11BrFN5. The summed E-state index contributed by atoms with van der Waals surface area (Å²) in [6.45, 7) is 0.691. The fourth-order valence-electron chi connectivity index (χ4n) is 3.21. The van der Waals surface area contributed by atoms with Gasteiger partial charge in [0.25, 0.3) is 0 Å². The van der Waals surface area contributed by atoms with Crippen LogP contribution in [-0.2, 0) is 6.54 Å². The van der Waals surface area contributed by atoms with E-state index in [1.165, 1.54) is 12.1 Å². The molecule has 0 N–H and O–H groups in total. The topological polar surface area (TPSA) is 48.5 Å². The van der Waals surface area contributed by atoms with Gasteiger partial charge in [0.2, 0.25) is 5.82 Å². The maximum atomic E-state index is 13.2. The van der Waals surface area contributed by atoms with Gasteiger partial charge in [0, 0.05) is 22.8 Å². The SMILES string of the molecule is Fc1ccc(-c2cc3n(c2)Cc2cc(Br)ccc2-n2nnnc2-3)cc1. The Morgan fingerprint density at radius 1 is 1.00 bits per heavy atom. The molecule has 0 saturated heterocycles. The van der Waals surface area contributed by atoms with Crippen molar-refractivity contribution in [1.29, 1.82) is 0 Å². The minimum Gasteiger partial charge on any atom is -0.340 e. The Morgan fingerprint density at radius 2 is 1.84 bits per heavy atom. The lowest BCUT2D eigenvalue weighted by molar-refractivity contribution is 0.628. The van der Waals surface area contributed by atoms with E-state index < -0.39 is 0 Å². The first kappa shape index (κ1) is 14.5. The number of benzene rings is 2. The molecule has 0 bridgehead atoms. The molecule has 0 saturated carbocycles. The van der Waals surface area contributed by atoms with Crippen LogP contribution in [0.15, 0.2) is 59.2 Å². The summed E-state index contributed by atoms with van der Waals surface area (Å²) in [5, 5.41) is 12.2. The summed E-state index contributed by atoms with van der Waals surface area (Å²) < 4.78 is 18.1. The lowest BCUT2D eigenvalue weighted by atomic mass is 10.1. The maximum absolute atomic E-state index is 13.2. The van der Waals surface area contributed by atoms with Gasteiger partial charge in [-0.2, -0.15) is 4.68 Å². The molecule has 1 aliphatic heterocycles. The Bertz CT molecular complexity index is 1100. The van der Waals surface area contributed by atoms with E-state index in [1.54, 1.807) is 16.8 Å². The zero-order valence-electron chi connectivity index (χ0n) is 12.9. The standard InChI is InChI=1S/C18H11BrFN5/c19-14-3-6-16-13(7-14)10-24-9-12(11-1-4-15(20)5-2-11)8-17(24)18-21-22-23-25(16)18/h1-9H,10H2. The number of aromatic nitrogens is 5. The third kappa shape index (κ3) is 2.31. The average Bonchev–Trinajstić information content (AvgIpc) is 3.21. The molecule has 4 aromatic rings. The molecular weight excluding hydrogens is 385 g/mol. The number of halogens is 2. The number of nitrogens with zero attached hydrogens (tertiary/aromatic N) is 5. The van der Waals surface area contributed by atoms with Crippen molar-refractivity contribution >= 4 is 15.9 Å². The first-order chi connectivity index (χ1) is 12.2. The van der Waals surface area contributed by atoms with Crippen molar-refractivity contribution < 1.29 is 4.39 Å². The van der Waals surface area contributed by atoms with Crippen molar-refractivity contribution in [3.8, 4) is 28.3 Å². The van der Waals surface area contributed by atoms with E-state index in [0.717, 1.165) is 32.5 Å². The van der Waals surface area contributed by atoms with Crippen molar-refractivity contribution in [2.45, 2.75) is 6.54 Å². The summed E-state index contributed by atoms with van der Waals surface area (Å²) >= 11 is 3.53. The van der Waals surface area contributed by atoms with E-state index in [-0.39, 0.29) is 5.82 Å². The Morgan fingerprint density at radius 3 is 2.68 bits per heavy atom. The Hall–Kier alpha value is -2.80. The number of rotatable bonds is 1. The number of hydrogen-bond donors (Lipinski definition) is 0. The minimum atomic E-state index is -0.243. The third-order valence-corrected chi connectivity index (χ3v) is 4.88. The fraction of sp³-hybridized carbons (Fsp3) is 0.0556. The molecule has 0 unspecified atom stereocenters. The zero-order valence-corrected chi connectivity index (χ0v) is 14.5. The first-order valence-corrected chi connectivity index (χ1v) is 8.52. The summed E-state index contributed by atoms with van der Waals surface area (Å²) in [7, 11) is 0. The molecule has 0 aliphatic carbocycles. The molecule has 7 heteroatoms. The summed E-state index contributed by atoms with van der Waals surface area (Å²) in [6, 6.07) is 14.6. The third-order valence-electron chi connectivity index (χ3n) is 4.38. The summed E-state index contributed by atoms with van der Waals surface area (Å²) in [4.78, 5) is 0. The number of fused-ring (bicyclic) bond motifs is 5. The molecule has 5 rings (SSSR count). The summed E-state index contributed by atoms with van der Waals surface area (Å²) in [6.07, 6.45) is 2.05. The molecule has 0 spiro atoms. The van der Waals surface area contributed by atoms with Crippen LogP contribution in [0.4, 0.5) is 4.39 Å². The predicted octanol–water partition coefficient (Wildman–Crippen LogP) is 4.06. The Kier molecular flexibility index (Phi) is 3.11. The van der Waals surface area contributed by atoms with E-state index in [9.17, 15) is 4.39 Å². The van der Waals surface area contributed by atoms with Gasteiger partial charge in [0.15, 0.2) is 0 Å². The molecule has 0 atom stereocenters. The monoisotopic (exact) mass is 395 g/mol. The molecule has 3 heterocycles. The fourth-order valence-corrected chi connectivity index (χ4v) is 3.62. The van der Waals surface area contributed by atoms with Gasteiger partial charge in [0.1, 0.15) is 5.82 Å². The quantitative estimate of drug-likeness (QED) is 0.429. The minimum absolute atomic E-state index is 0.243. The lowest BCUT2D eigenvalue weighted by Gasteiger charge is -2.08. The largest absolute Gasteiger partial charge is 0.340 e. The van der Waals surface area contributed by atoms with Gasteiger partial charge < -0.3 is 4.57 Å². The Labute approximate surface area is 150 Å². The van der Waals surface area contributed by atoms with Gasteiger partial charge in [0.05, 0.1) is 11.4 Å². The van der Waals surface area contributed by atoms with Crippen LogP contribution in [0.5, 0.6) is 0 Å². The second-order valence-electron chi connectivity index (χ2n) is 5.94. The summed E-state index contributed by atoms with van der Waals surface area (Å²) in [5.41, 5.74) is 4.97. The van der Waals surface area contributed by atoms with E-state index in [1.807, 2.05) is 18.2 Å². The highest BCUT2D eigenvalue weighted by atomic mass is 79.9. The van der Waals surface area contributed by atoms with Gasteiger partial charge in [-0.05, 0) is 58.0 Å². The van der Waals surface area contributed by atoms with Crippen LogP contribution in [0.2, 0.25) is 0 Å². The van der Waals surface area contributed by atoms with Crippen molar-refractivity contribution in [2.75, 3.05) is 0 Å². The van der Waals surface area contributed by atoms with E-state index >= 15 is 0 Å². The van der Waals surface area contributed by atoms with Gasteiger partial charge in [-0.15, -0.1) is 5.10 Å². The van der Waals surface area contributed by atoms with Crippen LogP contribution in [0.1, 0.15) is 5.56 Å². The molecule has 2 aromatic heterocycles. The number of tetrazole rings is 1. The van der Waals surface area contributed by atoms with E-state index in [2.05, 4.69) is 48.3 Å². The highest BCUT2D eigenvalue weighted by Gasteiger charge is 2.23. The molecule has 122 valence electrons. The highest BCUT2D eigenvalue weighted by molar-refractivity contribution is 9.10. The van der Waals surface area contributed by atoms with E-state index in [4.69, 9.17) is 0 Å². The van der Waals surface area contributed by atoms with Crippen LogP contribution in [0, 0.1) is 5.82 Å². The molecule has 5 nitrogen and oxygen atoms in total. The van der Waals surface area contributed by atoms with Crippen LogP contribution in [-0.4, -0.2) is 24.8 Å². The van der Waals surface area contributed by atoms with Gasteiger partial charge in [-0.25, -0.2) is 4.39 Å². The van der Waals surface area contributed by atoms with Crippen molar-refractivity contribution in [3.63, 3.8) is 0 Å². The molecule has 2 aromatic carbocycles. The van der Waals surface area contributed by atoms with Crippen LogP contribution in [0.3, 0.4) is 0 Å². The predicted molar refractivity (Wildman–Crippen MR) is 94.8 cm³/mol. The van der Waals surface area contributed by atoms with E-state index in [0.29, 0.717) is 12.4 Å². The zero-order chi connectivity index (χ0) is 17.0. The van der Waals surface area contributed by atoms with Gasteiger partial charge >= 0.3 is 0 Å². The first-order valence-electron chi connectivity index (χ1n) is 7.73. The van der Waals surface area contributed by atoms with Crippen LogP contribution < -0.4 is 0 Å². The van der Waals surface area contributed by atoms with Crippen molar-refractivity contribution in [2.24, 2.45) is 0 Å². The van der Waals surface area contributed by atoms with Gasteiger partial charge in [-0.3, -0.25) is 0 Å². The maximum Gasteiger partial charge on any atom is 0.203 e. The number of hydrogen-bond acceptors (Lipinski definition) is 3. The second kappa shape index (κ2) is 5.35. The molecule has 25 heavy (non-hydrogen) atoms. The second-order valence-corrected chi connectivity index (χ2v) is 6.85. The van der Waals surface area contributed by atoms with Gasteiger partial charge in [-0.1, -0.05) is 28.1 Å². The molecule has 0 radical (unpaired) electrons. The smallest absolute Gasteiger partial charge is 0.203 e. The lowest BCUT2D eigenvalue weighted by Crippen LogP contribution is -2.01. The van der Waals surface area contributed by atoms with Crippen molar-refractivity contribution in [3.05, 3.63) is 70.6 Å². The van der Waals surface area contributed by atoms with Crippen LogP contribution in [0.25, 0.3) is 28.3 Å². The molecule has 0 amide bonds. The molecule has 1 aliphatic rings. The van der Waals surface area contributed by atoms with Crippen LogP contribution >= 0.6 is 15.9 Å². The summed E-state index contributed by atoms with van der Waals surface area (Å²) in [5.74, 6) is 0.446. The highest BCUT2D eigenvalue weighted by Crippen LogP contribution is 2.33. The van der Waals surface area contributed by atoms with Crippen molar-refractivity contribution in [1.82, 2.24) is 24.8 Å². The average molecular weight is 396 g/mol.